The topological polar surface area (TPSA) is 60.1 Å². The molecule has 1 amide bonds. The number of amides is 1. The Morgan fingerprint density at radius 2 is 1.96 bits per heavy atom. The van der Waals surface area contributed by atoms with Gasteiger partial charge in [0.2, 0.25) is 0 Å². The van der Waals surface area contributed by atoms with Crippen molar-refractivity contribution in [3.05, 3.63) is 70.9 Å². The molecule has 5 heteroatoms. The zero-order chi connectivity index (χ0) is 17.8. The average Bonchev–Trinajstić information content (AvgIpc) is 3.24. The van der Waals surface area contributed by atoms with E-state index < -0.39 is 0 Å². The summed E-state index contributed by atoms with van der Waals surface area (Å²) in [6, 6.07) is 11.1. The van der Waals surface area contributed by atoms with Gasteiger partial charge in [-0.25, -0.2) is 4.68 Å². The number of aryl methyl sites for hydroxylation is 1. The Kier molecular flexibility index (Phi) is 5.03. The zero-order valence-corrected chi connectivity index (χ0v) is 14.9. The lowest BCUT2D eigenvalue weighted by Crippen LogP contribution is -2.22. The number of rotatable bonds is 6. The smallest absolute Gasteiger partial charge is 0.251 e. The molecule has 0 saturated carbocycles. The minimum absolute atomic E-state index is 0.122. The maximum Gasteiger partial charge on any atom is 0.251 e. The molecule has 1 N–H and O–H groups in total. The van der Waals surface area contributed by atoms with Crippen molar-refractivity contribution in [2.45, 2.75) is 40.2 Å². The number of carbonyl (C=O) groups excluding carboxylic acids is 1. The highest BCUT2D eigenvalue weighted by Crippen LogP contribution is 2.19. The molecule has 3 aromatic rings. The lowest BCUT2D eigenvalue weighted by Gasteiger charge is -2.07. The molecule has 25 heavy (non-hydrogen) atoms. The van der Waals surface area contributed by atoms with E-state index in [2.05, 4.69) is 24.3 Å². The first kappa shape index (κ1) is 17.0. The molecule has 3 rings (SSSR count). The Hall–Kier alpha value is -2.82. The second-order valence-corrected chi connectivity index (χ2v) is 6.12. The molecule has 0 bridgehead atoms. The van der Waals surface area contributed by atoms with Crippen LogP contribution in [0.2, 0.25) is 0 Å². The molecule has 1 aromatic carbocycles. The van der Waals surface area contributed by atoms with Crippen LogP contribution < -0.4 is 5.32 Å². The number of nitrogens with one attached hydrogen (secondary N) is 1. The minimum atomic E-state index is -0.122. The van der Waals surface area contributed by atoms with Crippen LogP contribution in [0.3, 0.4) is 0 Å². The summed E-state index contributed by atoms with van der Waals surface area (Å²) >= 11 is 0. The van der Waals surface area contributed by atoms with Crippen LogP contribution >= 0.6 is 0 Å². The number of nitrogens with zero attached hydrogens (tertiary/aromatic N) is 2. The lowest BCUT2D eigenvalue weighted by atomic mass is 10.1. The number of aromatic nitrogens is 2. The van der Waals surface area contributed by atoms with Crippen molar-refractivity contribution in [2.24, 2.45) is 0 Å². The van der Waals surface area contributed by atoms with Gasteiger partial charge in [0.25, 0.3) is 5.91 Å². The van der Waals surface area contributed by atoms with Crippen LogP contribution in [0.4, 0.5) is 0 Å². The average molecular weight is 337 g/mol. The molecule has 0 fully saturated rings. The fourth-order valence-corrected chi connectivity index (χ4v) is 2.97. The molecule has 0 aliphatic carbocycles. The van der Waals surface area contributed by atoms with Gasteiger partial charge in [0.1, 0.15) is 5.76 Å². The zero-order valence-electron chi connectivity index (χ0n) is 14.9. The van der Waals surface area contributed by atoms with Gasteiger partial charge in [-0.15, -0.1) is 0 Å². The summed E-state index contributed by atoms with van der Waals surface area (Å²) in [5.74, 6) is 0.610. The summed E-state index contributed by atoms with van der Waals surface area (Å²) < 4.78 is 7.17. The van der Waals surface area contributed by atoms with Crippen molar-refractivity contribution in [2.75, 3.05) is 0 Å². The summed E-state index contributed by atoms with van der Waals surface area (Å²) in [4.78, 5) is 12.2. The lowest BCUT2D eigenvalue weighted by molar-refractivity contribution is 0.0948. The molecule has 0 radical (unpaired) electrons. The number of hydrogen-bond donors (Lipinski definition) is 1. The highest BCUT2D eigenvalue weighted by atomic mass is 16.3. The molecule has 130 valence electrons. The second kappa shape index (κ2) is 7.38. The van der Waals surface area contributed by atoms with Crippen molar-refractivity contribution < 1.29 is 9.21 Å². The van der Waals surface area contributed by atoms with Gasteiger partial charge in [0.05, 0.1) is 24.2 Å². The third kappa shape index (κ3) is 3.65. The summed E-state index contributed by atoms with van der Waals surface area (Å²) in [5, 5.41) is 7.49. The van der Waals surface area contributed by atoms with E-state index in [0.29, 0.717) is 12.1 Å². The predicted octanol–water partition coefficient (Wildman–Crippen LogP) is 3.96. The van der Waals surface area contributed by atoms with Gasteiger partial charge in [-0.2, -0.15) is 5.10 Å². The van der Waals surface area contributed by atoms with Crippen LogP contribution in [0.15, 0.2) is 47.1 Å². The Morgan fingerprint density at radius 1 is 1.20 bits per heavy atom. The Bertz CT molecular complexity index is 846. The maximum absolute atomic E-state index is 12.2. The summed E-state index contributed by atoms with van der Waals surface area (Å²) in [5.41, 5.74) is 5.12. The molecule has 0 unspecified atom stereocenters. The van der Waals surface area contributed by atoms with E-state index in [1.54, 1.807) is 12.3 Å². The van der Waals surface area contributed by atoms with Crippen molar-refractivity contribution >= 4 is 5.91 Å². The molecule has 2 aromatic heterocycles. The maximum atomic E-state index is 12.2. The molecular formula is C20H23N3O2. The van der Waals surface area contributed by atoms with Crippen LogP contribution in [0.1, 0.15) is 46.4 Å². The summed E-state index contributed by atoms with van der Waals surface area (Å²) in [7, 11) is 0. The van der Waals surface area contributed by atoms with Gasteiger partial charge in [0.15, 0.2) is 0 Å². The van der Waals surface area contributed by atoms with Crippen LogP contribution in [-0.4, -0.2) is 15.7 Å². The van der Waals surface area contributed by atoms with Crippen LogP contribution in [-0.2, 0) is 13.0 Å². The predicted molar refractivity (Wildman–Crippen MR) is 96.9 cm³/mol. The fourth-order valence-electron chi connectivity index (χ4n) is 2.97. The molecule has 2 heterocycles. The largest absolute Gasteiger partial charge is 0.467 e. The SMILES string of the molecule is CCCc1c(C)nn(-c2ccc(C(=O)NCc3ccco3)cc2)c1C. The standard InChI is InChI=1S/C20H23N3O2/c1-4-6-19-14(2)22-23(15(19)3)17-10-8-16(9-11-17)20(24)21-13-18-7-5-12-25-18/h5,7-12H,4,6,13H2,1-3H3,(H,21,24). The molecule has 0 spiro atoms. The monoisotopic (exact) mass is 337 g/mol. The van der Waals surface area contributed by atoms with Crippen LogP contribution in [0, 0.1) is 13.8 Å². The minimum Gasteiger partial charge on any atom is -0.467 e. The van der Waals surface area contributed by atoms with E-state index in [9.17, 15) is 4.79 Å². The van der Waals surface area contributed by atoms with E-state index >= 15 is 0 Å². The van der Waals surface area contributed by atoms with Crippen molar-refractivity contribution in [1.29, 1.82) is 0 Å². The normalized spacial score (nSPS) is 10.8. The number of benzene rings is 1. The van der Waals surface area contributed by atoms with Gasteiger partial charge in [-0.1, -0.05) is 13.3 Å². The molecule has 0 aliphatic heterocycles. The van der Waals surface area contributed by atoms with Gasteiger partial charge < -0.3 is 9.73 Å². The Balaban J connectivity index is 1.74. The second-order valence-electron chi connectivity index (χ2n) is 6.12. The van der Waals surface area contributed by atoms with Crippen molar-refractivity contribution in [3.8, 4) is 5.69 Å². The molecule has 0 saturated heterocycles. The fraction of sp³-hybridized carbons (Fsp3) is 0.300. The third-order valence-electron chi connectivity index (χ3n) is 4.32. The quantitative estimate of drug-likeness (QED) is 0.740. The van der Waals surface area contributed by atoms with E-state index in [4.69, 9.17) is 4.42 Å². The molecular weight excluding hydrogens is 314 g/mol. The molecule has 0 aliphatic rings. The van der Waals surface area contributed by atoms with E-state index in [1.165, 1.54) is 5.56 Å². The van der Waals surface area contributed by atoms with Gasteiger partial charge >= 0.3 is 0 Å². The summed E-state index contributed by atoms with van der Waals surface area (Å²) in [6.07, 6.45) is 3.73. The first-order valence-electron chi connectivity index (χ1n) is 8.56. The van der Waals surface area contributed by atoms with Gasteiger partial charge in [-0.3, -0.25) is 4.79 Å². The number of carbonyl (C=O) groups is 1. The van der Waals surface area contributed by atoms with E-state index in [-0.39, 0.29) is 5.91 Å². The van der Waals surface area contributed by atoms with Crippen LogP contribution in [0.5, 0.6) is 0 Å². The molecule has 5 nitrogen and oxygen atoms in total. The van der Waals surface area contributed by atoms with Gasteiger partial charge in [-0.05, 0) is 62.2 Å². The van der Waals surface area contributed by atoms with Gasteiger partial charge in [0, 0.05) is 11.3 Å². The third-order valence-corrected chi connectivity index (χ3v) is 4.32. The first-order chi connectivity index (χ1) is 12.1. The molecule has 0 atom stereocenters. The highest BCUT2D eigenvalue weighted by molar-refractivity contribution is 5.94. The Morgan fingerprint density at radius 3 is 2.60 bits per heavy atom. The van der Waals surface area contributed by atoms with E-state index in [1.807, 2.05) is 41.9 Å². The van der Waals surface area contributed by atoms with E-state index in [0.717, 1.165) is 35.7 Å². The number of furan rings is 1. The van der Waals surface area contributed by atoms with Crippen LogP contribution in [0.25, 0.3) is 5.69 Å². The Labute approximate surface area is 147 Å². The summed E-state index contributed by atoms with van der Waals surface area (Å²) in [6.45, 7) is 6.69. The van der Waals surface area contributed by atoms with Crippen molar-refractivity contribution in [1.82, 2.24) is 15.1 Å². The first-order valence-corrected chi connectivity index (χ1v) is 8.56. The number of hydrogen-bond acceptors (Lipinski definition) is 3. The van der Waals surface area contributed by atoms with Crippen molar-refractivity contribution in [3.63, 3.8) is 0 Å². The highest BCUT2D eigenvalue weighted by Gasteiger charge is 2.13.